The van der Waals surface area contributed by atoms with E-state index < -0.39 is 24.2 Å². The van der Waals surface area contributed by atoms with Gasteiger partial charge in [0.25, 0.3) is 11.7 Å². The molecule has 2 aromatic rings. The molecule has 25 heavy (non-hydrogen) atoms. The number of nitrogen functional groups attached to an aromatic ring is 1. The van der Waals surface area contributed by atoms with Gasteiger partial charge in [-0.1, -0.05) is 23.4 Å². The molecule has 0 aliphatic carbocycles. The predicted molar refractivity (Wildman–Crippen MR) is 93.1 cm³/mol. The highest BCUT2D eigenvalue weighted by Gasteiger charge is 2.14. The van der Waals surface area contributed by atoms with E-state index in [4.69, 9.17) is 22.1 Å². The minimum Gasteiger partial charge on any atom is -0.452 e. The number of amides is 1. The summed E-state index contributed by atoms with van der Waals surface area (Å²) < 4.78 is 29.3. The monoisotopic (exact) mass is 386 g/mol. The molecule has 132 valence electrons. The lowest BCUT2D eigenvalue weighted by Crippen LogP contribution is -2.21. The van der Waals surface area contributed by atoms with Crippen LogP contribution in [0.2, 0.25) is 5.02 Å². The number of alkyl halides is 2. The molecule has 9 heteroatoms. The molecular weight excluding hydrogens is 374 g/mol. The number of nitrogens with one attached hydrogen (secondary N) is 1. The summed E-state index contributed by atoms with van der Waals surface area (Å²) in [5, 5.41) is 2.86. The maximum atomic E-state index is 12.2. The highest BCUT2D eigenvalue weighted by Crippen LogP contribution is 2.26. The maximum absolute atomic E-state index is 12.2. The number of anilines is 2. The van der Waals surface area contributed by atoms with E-state index in [1.54, 1.807) is 0 Å². The predicted octanol–water partition coefficient (Wildman–Crippen LogP) is 4.03. The first-order chi connectivity index (χ1) is 11.8. The molecule has 1 amide bonds. The molecule has 2 rings (SSSR count). The van der Waals surface area contributed by atoms with Crippen LogP contribution in [0.4, 0.5) is 20.2 Å². The van der Waals surface area contributed by atoms with Crippen LogP contribution in [0, 0.1) is 0 Å². The van der Waals surface area contributed by atoms with Crippen LogP contribution in [0.3, 0.4) is 0 Å². The normalized spacial score (nSPS) is 10.6. The van der Waals surface area contributed by atoms with Gasteiger partial charge in [-0.3, -0.25) is 4.79 Å². The molecule has 0 radical (unpaired) electrons. The second-order valence-electron chi connectivity index (χ2n) is 4.76. The van der Waals surface area contributed by atoms with E-state index in [0.717, 1.165) is 0 Å². The summed E-state index contributed by atoms with van der Waals surface area (Å²) >= 11 is 6.14. The maximum Gasteiger partial charge on any atom is 0.340 e. The number of esters is 1. The van der Waals surface area contributed by atoms with Gasteiger partial charge >= 0.3 is 5.97 Å². The number of carbonyl (C=O) groups is 2. The fraction of sp³-hybridized carbons (Fsp3) is 0.125. The van der Waals surface area contributed by atoms with Gasteiger partial charge in [-0.25, -0.2) is 4.79 Å². The Labute approximate surface area is 151 Å². The minimum absolute atomic E-state index is 0.102. The van der Waals surface area contributed by atoms with Gasteiger partial charge in [0.05, 0.1) is 5.56 Å². The number of carbonyl (C=O) groups excluding carboxylic acids is 2. The summed E-state index contributed by atoms with van der Waals surface area (Å²) in [6, 6.07) is 10.1. The molecule has 0 aliphatic rings. The van der Waals surface area contributed by atoms with E-state index >= 15 is 0 Å². The molecule has 0 heterocycles. The van der Waals surface area contributed by atoms with Gasteiger partial charge in [0, 0.05) is 21.3 Å². The number of rotatable bonds is 6. The van der Waals surface area contributed by atoms with Crippen LogP contribution in [0.15, 0.2) is 47.4 Å². The van der Waals surface area contributed by atoms with Gasteiger partial charge in [-0.2, -0.15) is 8.78 Å². The van der Waals surface area contributed by atoms with Crippen molar-refractivity contribution in [3.05, 3.63) is 53.1 Å². The van der Waals surface area contributed by atoms with E-state index in [1.165, 1.54) is 42.5 Å². The zero-order valence-electron chi connectivity index (χ0n) is 12.7. The number of benzene rings is 2. The number of halogens is 3. The third-order valence-corrected chi connectivity index (χ3v) is 3.89. The molecule has 0 unspecified atom stereocenters. The Balaban J connectivity index is 1.86. The van der Waals surface area contributed by atoms with Crippen LogP contribution in [-0.4, -0.2) is 24.2 Å². The lowest BCUT2D eigenvalue weighted by molar-refractivity contribution is -0.119. The van der Waals surface area contributed by atoms with Gasteiger partial charge in [-0.15, -0.1) is 0 Å². The van der Waals surface area contributed by atoms with Crippen LogP contribution < -0.4 is 11.1 Å². The summed E-state index contributed by atoms with van der Waals surface area (Å²) in [5.41, 5.74) is 6.30. The van der Waals surface area contributed by atoms with E-state index in [1.807, 2.05) is 0 Å². The first-order valence-corrected chi connectivity index (χ1v) is 8.18. The molecular formula is C16H13ClF2N2O3S. The molecule has 0 saturated carbocycles. The largest absolute Gasteiger partial charge is 0.452 e. The molecule has 0 atom stereocenters. The van der Waals surface area contributed by atoms with Gasteiger partial charge in [-0.05, 0) is 42.5 Å². The third kappa shape index (κ3) is 5.91. The van der Waals surface area contributed by atoms with Crippen LogP contribution >= 0.6 is 23.4 Å². The highest BCUT2D eigenvalue weighted by molar-refractivity contribution is 7.99. The molecule has 0 spiro atoms. The Morgan fingerprint density at radius 2 is 1.88 bits per heavy atom. The molecule has 5 nitrogen and oxygen atoms in total. The Hall–Kier alpha value is -2.32. The fourth-order valence-corrected chi connectivity index (χ4v) is 2.52. The van der Waals surface area contributed by atoms with Crippen LogP contribution in [-0.2, 0) is 9.53 Å². The standard InChI is InChI=1S/C16H13ClF2N2O3S/c17-9-1-6-12(13(20)7-9)15(23)24-8-14(22)21-10-2-4-11(5-3-10)25-16(18)19/h1-7,16H,8,20H2,(H,21,22). The number of ether oxygens (including phenoxy) is 1. The SMILES string of the molecule is Nc1cc(Cl)ccc1C(=O)OCC(=O)Nc1ccc(SC(F)F)cc1. The summed E-state index contributed by atoms with van der Waals surface area (Å²) in [6.07, 6.45) is 0. The van der Waals surface area contributed by atoms with Crippen molar-refractivity contribution in [2.45, 2.75) is 10.7 Å². The van der Waals surface area contributed by atoms with E-state index in [2.05, 4.69) is 5.32 Å². The van der Waals surface area contributed by atoms with E-state index in [0.29, 0.717) is 27.4 Å². The lowest BCUT2D eigenvalue weighted by Gasteiger charge is -2.08. The van der Waals surface area contributed by atoms with Crippen molar-refractivity contribution in [2.75, 3.05) is 17.7 Å². The fourth-order valence-electron chi connectivity index (χ4n) is 1.85. The smallest absolute Gasteiger partial charge is 0.340 e. The van der Waals surface area contributed by atoms with Gasteiger partial charge < -0.3 is 15.8 Å². The molecule has 0 aromatic heterocycles. The first-order valence-electron chi connectivity index (χ1n) is 6.92. The average Bonchev–Trinajstić information content (AvgIpc) is 2.54. The van der Waals surface area contributed by atoms with Crippen molar-refractivity contribution in [1.82, 2.24) is 0 Å². The number of hydrogen-bond acceptors (Lipinski definition) is 5. The summed E-state index contributed by atoms with van der Waals surface area (Å²) in [5.74, 6) is -3.84. The van der Waals surface area contributed by atoms with Gasteiger partial charge in [0.1, 0.15) is 0 Å². The summed E-state index contributed by atoms with van der Waals surface area (Å²) in [6.45, 7) is -0.519. The second-order valence-corrected chi connectivity index (χ2v) is 6.26. The third-order valence-electron chi connectivity index (χ3n) is 2.93. The van der Waals surface area contributed by atoms with Crippen molar-refractivity contribution >= 4 is 46.6 Å². The quantitative estimate of drug-likeness (QED) is 0.445. The number of nitrogens with two attached hydrogens (primary N) is 1. The van der Waals surface area contributed by atoms with Crippen molar-refractivity contribution < 1.29 is 23.1 Å². The van der Waals surface area contributed by atoms with Crippen LogP contribution in [0.1, 0.15) is 10.4 Å². The molecule has 0 saturated heterocycles. The Kier molecular flexibility index (Phi) is 6.60. The number of thioether (sulfide) groups is 1. The van der Waals surface area contributed by atoms with Crippen molar-refractivity contribution in [3.63, 3.8) is 0 Å². The lowest BCUT2D eigenvalue weighted by atomic mass is 10.2. The topological polar surface area (TPSA) is 81.4 Å². The van der Waals surface area contributed by atoms with Crippen molar-refractivity contribution in [3.8, 4) is 0 Å². The van der Waals surface area contributed by atoms with Crippen LogP contribution in [0.25, 0.3) is 0 Å². The molecule has 2 aromatic carbocycles. The summed E-state index contributed by atoms with van der Waals surface area (Å²) in [7, 11) is 0. The van der Waals surface area contributed by atoms with E-state index in [-0.39, 0.29) is 11.3 Å². The molecule has 0 aliphatic heterocycles. The Morgan fingerprint density at radius 3 is 2.48 bits per heavy atom. The van der Waals surface area contributed by atoms with Crippen molar-refractivity contribution in [1.29, 1.82) is 0 Å². The average molecular weight is 387 g/mol. The zero-order valence-corrected chi connectivity index (χ0v) is 14.2. The second kappa shape index (κ2) is 8.68. The Bertz CT molecular complexity index is 772. The van der Waals surface area contributed by atoms with E-state index in [9.17, 15) is 18.4 Å². The number of hydrogen-bond donors (Lipinski definition) is 2. The summed E-state index contributed by atoms with van der Waals surface area (Å²) in [4.78, 5) is 24.0. The minimum atomic E-state index is -2.51. The molecule has 3 N–H and O–H groups in total. The zero-order chi connectivity index (χ0) is 18.4. The first kappa shape index (κ1) is 19.0. The molecule has 0 bridgehead atoms. The highest BCUT2D eigenvalue weighted by atomic mass is 35.5. The van der Waals surface area contributed by atoms with Crippen LogP contribution in [0.5, 0.6) is 0 Å². The molecule has 0 fully saturated rings. The Morgan fingerprint density at radius 1 is 1.20 bits per heavy atom. The van der Waals surface area contributed by atoms with Gasteiger partial charge in [0.15, 0.2) is 6.61 Å². The van der Waals surface area contributed by atoms with Crippen molar-refractivity contribution in [2.24, 2.45) is 0 Å². The van der Waals surface area contributed by atoms with Gasteiger partial charge in [0.2, 0.25) is 0 Å².